The van der Waals surface area contributed by atoms with E-state index in [1.807, 2.05) is 13.8 Å². The maximum atomic E-state index is 12.2. The first-order valence-electron chi connectivity index (χ1n) is 6.54. The van der Waals surface area contributed by atoms with Gasteiger partial charge < -0.3 is 10.6 Å². The Morgan fingerprint density at radius 1 is 1.35 bits per heavy atom. The van der Waals surface area contributed by atoms with Crippen LogP contribution in [0.4, 0.5) is 0 Å². The molecule has 8 heteroatoms. The summed E-state index contributed by atoms with van der Waals surface area (Å²) in [5.74, 6) is 0.705. The van der Waals surface area contributed by atoms with Gasteiger partial charge in [-0.15, -0.1) is 11.3 Å². The molecule has 0 unspecified atom stereocenters. The van der Waals surface area contributed by atoms with Gasteiger partial charge in [-0.25, -0.2) is 8.42 Å². The van der Waals surface area contributed by atoms with Crippen LogP contribution in [0.25, 0.3) is 0 Å². The zero-order valence-corrected chi connectivity index (χ0v) is 13.7. The Morgan fingerprint density at radius 3 is 2.50 bits per heavy atom. The Hall–Kier alpha value is -1.12. The Morgan fingerprint density at radius 2 is 2.00 bits per heavy atom. The van der Waals surface area contributed by atoms with E-state index >= 15 is 0 Å². The molecule has 1 heterocycles. The van der Waals surface area contributed by atoms with E-state index in [1.54, 1.807) is 24.6 Å². The Balaban J connectivity index is 2.58. The van der Waals surface area contributed by atoms with Gasteiger partial charge in [0.05, 0.1) is 6.54 Å². The molecule has 20 heavy (non-hydrogen) atoms. The highest BCUT2D eigenvalue weighted by molar-refractivity contribution is 7.91. The van der Waals surface area contributed by atoms with E-state index in [4.69, 9.17) is 0 Å². The molecule has 0 aromatic carbocycles. The van der Waals surface area contributed by atoms with E-state index in [9.17, 15) is 8.42 Å². The van der Waals surface area contributed by atoms with Crippen molar-refractivity contribution >= 4 is 27.3 Å². The predicted octanol–water partition coefficient (Wildman–Crippen LogP) is 0.944. The summed E-state index contributed by atoms with van der Waals surface area (Å²) in [6.45, 7) is 6.28. The second-order valence-corrected chi connectivity index (χ2v) is 7.27. The molecule has 6 nitrogen and oxygen atoms in total. The highest BCUT2D eigenvalue weighted by Gasteiger charge is 2.20. The lowest BCUT2D eigenvalue weighted by Crippen LogP contribution is -2.38. The van der Waals surface area contributed by atoms with Gasteiger partial charge in [0.15, 0.2) is 5.96 Å². The average molecular weight is 318 g/mol. The number of hydrogen-bond acceptors (Lipinski definition) is 4. The van der Waals surface area contributed by atoms with E-state index in [0.29, 0.717) is 23.3 Å². The molecule has 0 aliphatic rings. The predicted molar refractivity (Wildman–Crippen MR) is 83.8 cm³/mol. The van der Waals surface area contributed by atoms with E-state index in [2.05, 4.69) is 15.6 Å². The number of rotatable bonds is 7. The van der Waals surface area contributed by atoms with Crippen LogP contribution in [-0.4, -0.2) is 51.9 Å². The van der Waals surface area contributed by atoms with Crippen LogP contribution in [-0.2, 0) is 10.0 Å². The van der Waals surface area contributed by atoms with Crippen LogP contribution in [0.2, 0.25) is 0 Å². The van der Waals surface area contributed by atoms with Crippen molar-refractivity contribution in [3.63, 3.8) is 0 Å². The number of nitrogens with one attached hydrogen (secondary N) is 2. The number of sulfonamides is 1. The van der Waals surface area contributed by atoms with Crippen LogP contribution in [0.5, 0.6) is 0 Å². The van der Waals surface area contributed by atoms with Crippen molar-refractivity contribution in [3.8, 4) is 0 Å². The zero-order valence-electron chi connectivity index (χ0n) is 12.1. The Kier molecular flexibility index (Phi) is 6.97. The lowest BCUT2D eigenvalue weighted by Gasteiger charge is -2.15. The maximum Gasteiger partial charge on any atom is 0.252 e. The molecule has 0 amide bonds. The SMILES string of the molecule is CCNC(=NCCN(C)S(=O)(=O)c1cccs1)NCC. The second kappa shape index (κ2) is 8.23. The van der Waals surface area contributed by atoms with Gasteiger partial charge in [0.25, 0.3) is 10.0 Å². The van der Waals surface area contributed by atoms with Crippen molar-refractivity contribution in [2.24, 2.45) is 4.99 Å². The van der Waals surface area contributed by atoms with Crippen molar-refractivity contribution < 1.29 is 8.42 Å². The molecule has 0 atom stereocenters. The number of aliphatic imine (C=N–C) groups is 1. The van der Waals surface area contributed by atoms with Crippen LogP contribution in [0.3, 0.4) is 0 Å². The monoisotopic (exact) mass is 318 g/mol. The van der Waals surface area contributed by atoms with Gasteiger partial charge in [-0.1, -0.05) is 6.07 Å². The molecule has 0 bridgehead atoms. The van der Waals surface area contributed by atoms with Crippen molar-refractivity contribution in [1.82, 2.24) is 14.9 Å². The first kappa shape index (κ1) is 16.9. The molecule has 0 fully saturated rings. The molecule has 0 aliphatic carbocycles. The number of likely N-dealkylation sites (N-methyl/N-ethyl adjacent to an activating group) is 1. The topological polar surface area (TPSA) is 73.8 Å². The standard InChI is InChI=1S/C12H22N4O2S2/c1-4-13-12(14-5-2)15-8-9-16(3)20(17,18)11-7-6-10-19-11/h6-7,10H,4-5,8-9H2,1-3H3,(H2,13,14,15). The molecule has 1 aromatic rings. The molecule has 114 valence electrons. The summed E-state index contributed by atoms with van der Waals surface area (Å²) in [7, 11) is -1.80. The third kappa shape index (κ3) is 4.77. The fourth-order valence-corrected chi connectivity index (χ4v) is 3.86. The van der Waals surface area contributed by atoms with Gasteiger partial charge >= 0.3 is 0 Å². The van der Waals surface area contributed by atoms with Gasteiger partial charge in [0.2, 0.25) is 0 Å². The molecular formula is C12H22N4O2S2. The fraction of sp³-hybridized carbons (Fsp3) is 0.583. The minimum absolute atomic E-state index is 0.348. The third-order valence-electron chi connectivity index (χ3n) is 2.53. The summed E-state index contributed by atoms with van der Waals surface area (Å²) < 4.78 is 26.0. The minimum atomic E-state index is -3.38. The van der Waals surface area contributed by atoms with Crippen LogP contribution in [0.15, 0.2) is 26.7 Å². The highest BCUT2D eigenvalue weighted by atomic mass is 32.2. The third-order valence-corrected chi connectivity index (χ3v) is 5.76. The molecule has 0 saturated carbocycles. The van der Waals surface area contributed by atoms with Crippen molar-refractivity contribution in [2.45, 2.75) is 18.1 Å². The average Bonchev–Trinajstić information content (AvgIpc) is 2.93. The fourth-order valence-electron chi connectivity index (χ4n) is 1.50. The summed E-state index contributed by atoms with van der Waals surface area (Å²) in [5.41, 5.74) is 0. The molecule has 0 radical (unpaired) electrons. The van der Waals surface area contributed by atoms with Gasteiger partial charge in [0.1, 0.15) is 4.21 Å². The summed E-state index contributed by atoms with van der Waals surface area (Å²) in [6, 6.07) is 3.35. The second-order valence-electron chi connectivity index (χ2n) is 4.05. The van der Waals surface area contributed by atoms with Gasteiger partial charge in [0, 0.05) is 26.7 Å². The zero-order chi connectivity index (χ0) is 15.0. The summed E-state index contributed by atoms with van der Waals surface area (Å²) in [4.78, 5) is 4.33. The van der Waals surface area contributed by atoms with E-state index < -0.39 is 10.0 Å². The smallest absolute Gasteiger partial charge is 0.252 e. The van der Waals surface area contributed by atoms with E-state index in [1.165, 1.54) is 15.6 Å². The molecule has 1 rings (SSSR count). The van der Waals surface area contributed by atoms with E-state index in [-0.39, 0.29) is 0 Å². The largest absolute Gasteiger partial charge is 0.357 e. The van der Waals surface area contributed by atoms with Crippen LogP contribution in [0, 0.1) is 0 Å². The first-order valence-corrected chi connectivity index (χ1v) is 8.86. The van der Waals surface area contributed by atoms with Crippen molar-refractivity contribution in [3.05, 3.63) is 17.5 Å². The summed E-state index contributed by atoms with van der Waals surface area (Å²) in [6.07, 6.45) is 0. The molecular weight excluding hydrogens is 296 g/mol. The first-order chi connectivity index (χ1) is 9.52. The number of thiophene rings is 1. The van der Waals surface area contributed by atoms with Crippen molar-refractivity contribution in [1.29, 1.82) is 0 Å². The van der Waals surface area contributed by atoms with Crippen molar-refractivity contribution in [2.75, 3.05) is 33.2 Å². The summed E-state index contributed by atoms with van der Waals surface area (Å²) in [5, 5.41) is 7.95. The minimum Gasteiger partial charge on any atom is -0.357 e. The maximum absolute atomic E-state index is 12.2. The Labute approximate surface area is 125 Å². The lowest BCUT2D eigenvalue weighted by atomic mass is 10.6. The normalized spacial score (nSPS) is 11.4. The number of hydrogen-bond donors (Lipinski definition) is 2. The van der Waals surface area contributed by atoms with Gasteiger partial charge in [-0.2, -0.15) is 4.31 Å². The van der Waals surface area contributed by atoms with Crippen LogP contribution in [0.1, 0.15) is 13.8 Å². The molecule has 0 aliphatic heterocycles. The van der Waals surface area contributed by atoms with Gasteiger partial charge in [-0.05, 0) is 25.3 Å². The Bertz CT molecular complexity index is 504. The molecule has 0 saturated heterocycles. The number of nitrogens with zero attached hydrogens (tertiary/aromatic N) is 2. The lowest BCUT2D eigenvalue weighted by molar-refractivity contribution is 0.478. The molecule has 1 aromatic heterocycles. The van der Waals surface area contributed by atoms with E-state index in [0.717, 1.165) is 13.1 Å². The molecule has 2 N–H and O–H groups in total. The highest BCUT2D eigenvalue weighted by Crippen LogP contribution is 2.19. The molecule has 0 spiro atoms. The van der Waals surface area contributed by atoms with Crippen LogP contribution >= 0.6 is 11.3 Å². The van der Waals surface area contributed by atoms with Gasteiger partial charge in [-0.3, -0.25) is 4.99 Å². The summed E-state index contributed by atoms with van der Waals surface area (Å²) >= 11 is 1.22. The quantitative estimate of drug-likeness (QED) is 0.580. The van der Waals surface area contributed by atoms with Crippen LogP contribution < -0.4 is 10.6 Å². The number of guanidine groups is 1.